The Morgan fingerprint density at radius 2 is 2.20 bits per heavy atom. The molecule has 2 rings (SSSR count). The molecule has 0 saturated carbocycles. The van der Waals surface area contributed by atoms with E-state index in [1.165, 1.54) is 5.56 Å². The van der Waals surface area contributed by atoms with E-state index in [0.29, 0.717) is 19.7 Å². The smallest absolute Gasteiger partial charge is 0.240 e. The number of nitrogens with one attached hydrogen (secondary N) is 2. The maximum Gasteiger partial charge on any atom is 0.240 e. The fourth-order valence-corrected chi connectivity index (χ4v) is 2.18. The molecule has 5 nitrogen and oxygen atoms in total. The van der Waals surface area contributed by atoms with Crippen LogP contribution in [0, 0.1) is 0 Å². The summed E-state index contributed by atoms with van der Waals surface area (Å²) in [6, 6.07) is 8.33. The Hall–Kier alpha value is -1.85. The van der Waals surface area contributed by atoms with E-state index in [1.807, 2.05) is 23.9 Å². The largest absolute Gasteiger partial charge is 0.383 e. The number of fused-ring (bicyclic) bond motifs is 1. The average molecular weight is 275 g/mol. The first kappa shape index (κ1) is 14.6. The minimum absolute atomic E-state index is 0.00132. The maximum absolute atomic E-state index is 11.8. The molecule has 1 aromatic carbocycles. The van der Waals surface area contributed by atoms with Crippen molar-refractivity contribution in [2.45, 2.75) is 13.1 Å². The number of hydrogen-bond donors (Lipinski definition) is 2. The predicted molar refractivity (Wildman–Crippen MR) is 79.6 cm³/mol. The summed E-state index contributed by atoms with van der Waals surface area (Å²) >= 11 is 0. The first-order valence-electron chi connectivity index (χ1n) is 6.72. The van der Waals surface area contributed by atoms with Crippen molar-refractivity contribution in [2.24, 2.45) is 0 Å². The molecule has 1 heterocycles. The van der Waals surface area contributed by atoms with Crippen LogP contribution in [0.4, 0.5) is 0 Å². The standard InChI is InChI=1S/C15H21N3O2/c1-16-10-12-3-4-13-5-7-18(14(13)9-12)11-15(19)17-6-8-20-2/h3-5,7,9,16H,6,8,10-11H2,1-2H3,(H,17,19). The monoisotopic (exact) mass is 275 g/mol. The average Bonchev–Trinajstić information content (AvgIpc) is 2.82. The van der Waals surface area contributed by atoms with E-state index in [9.17, 15) is 4.79 Å². The lowest BCUT2D eigenvalue weighted by molar-refractivity contribution is -0.121. The van der Waals surface area contributed by atoms with Crippen molar-refractivity contribution in [2.75, 3.05) is 27.3 Å². The molecule has 0 aliphatic rings. The minimum Gasteiger partial charge on any atom is -0.383 e. The van der Waals surface area contributed by atoms with Crippen molar-refractivity contribution in [3.63, 3.8) is 0 Å². The molecule has 20 heavy (non-hydrogen) atoms. The number of nitrogens with zero attached hydrogens (tertiary/aromatic N) is 1. The topological polar surface area (TPSA) is 55.3 Å². The highest BCUT2D eigenvalue weighted by molar-refractivity contribution is 5.83. The van der Waals surface area contributed by atoms with Gasteiger partial charge >= 0.3 is 0 Å². The molecule has 0 radical (unpaired) electrons. The highest BCUT2D eigenvalue weighted by Gasteiger charge is 2.06. The molecular weight excluding hydrogens is 254 g/mol. The summed E-state index contributed by atoms with van der Waals surface area (Å²) in [6.45, 7) is 2.22. The molecule has 0 aliphatic carbocycles. The number of ether oxygens (including phenoxy) is 1. The van der Waals surface area contributed by atoms with Gasteiger partial charge in [0, 0.05) is 31.9 Å². The molecule has 0 saturated heterocycles. The lowest BCUT2D eigenvalue weighted by Crippen LogP contribution is -2.30. The zero-order valence-corrected chi connectivity index (χ0v) is 12.0. The third-order valence-electron chi connectivity index (χ3n) is 3.16. The summed E-state index contributed by atoms with van der Waals surface area (Å²) < 4.78 is 6.88. The molecule has 0 fully saturated rings. The molecule has 0 bridgehead atoms. The van der Waals surface area contributed by atoms with Gasteiger partial charge in [-0.15, -0.1) is 0 Å². The van der Waals surface area contributed by atoms with E-state index in [2.05, 4.69) is 28.8 Å². The maximum atomic E-state index is 11.8. The summed E-state index contributed by atoms with van der Waals surface area (Å²) in [6.07, 6.45) is 1.95. The van der Waals surface area contributed by atoms with Crippen LogP contribution in [0.15, 0.2) is 30.5 Å². The van der Waals surface area contributed by atoms with Gasteiger partial charge in [-0.1, -0.05) is 12.1 Å². The molecule has 108 valence electrons. The zero-order valence-electron chi connectivity index (χ0n) is 12.0. The molecule has 1 aromatic heterocycles. The van der Waals surface area contributed by atoms with Crippen LogP contribution in [0.5, 0.6) is 0 Å². The van der Waals surface area contributed by atoms with Crippen molar-refractivity contribution < 1.29 is 9.53 Å². The van der Waals surface area contributed by atoms with Crippen LogP contribution in [-0.4, -0.2) is 37.8 Å². The first-order valence-corrected chi connectivity index (χ1v) is 6.72. The fourth-order valence-electron chi connectivity index (χ4n) is 2.18. The number of carbonyl (C=O) groups is 1. The summed E-state index contributed by atoms with van der Waals surface area (Å²) in [5, 5.41) is 7.11. The van der Waals surface area contributed by atoms with E-state index < -0.39 is 0 Å². The number of amides is 1. The zero-order chi connectivity index (χ0) is 14.4. The van der Waals surface area contributed by atoms with E-state index in [4.69, 9.17) is 4.74 Å². The number of benzene rings is 1. The number of carbonyl (C=O) groups excluding carboxylic acids is 1. The highest BCUT2D eigenvalue weighted by atomic mass is 16.5. The van der Waals surface area contributed by atoms with Gasteiger partial charge in [0.05, 0.1) is 6.61 Å². The molecule has 1 amide bonds. The molecule has 0 unspecified atom stereocenters. The summed E-state index contributed by atoms with van der Waals surface area (Å²) in [4.78, 5) is 11.8. The van der Waals surface area contributed by atoms with Gasteiger partial charge in [-0.25, -0.2) is 0 Å². The van der Waals surface area contributed by atoms with Crippen molar-refractivity contribution in [1.82, 2.24) is 15.2 Å². The Bertz CT molecular complexity index is 578. The third-order valence-corrected chi connectivity index (χ3v) is 3.16. The minimum atomic E-state index is -0.00132. The van der Waals surface area contributed by atoms with Crippen molar-refractivity contribution >= 4 is 16.8 Å². The van der Waals surface area contributed by atoms with Gasteiger partial charge in [0.25, 0.3) is 0 Å². The normalized spacial score (nSPS) is 10.9. The fraction of sp³-hybridized carbons (Fsp3) is 0.400. The number of aromatic nitrogens is 1. The van der Waals surface area contributed by atoms with Gasteiger partial charge in [0.1, 0.15) is 6.54 Å². The van der Waals surface area contributed by atoms with Crippen LogP contribution in [0.3, 0.4) is 0 Å². The second kappa shape index (κ2) is 7.07. The Balaban J connectivity index is 2.09. The molecular formula is C15H21N3O2. The van der Waals surface area contributed by atoms with Crippen LogP contribution in [0.25, 0.3) is 10.9 Å². The molecule has 2 N–H and O–H groups in total. The van der Waals surface area contributed by atoms with Gasteiger partial charge in [-0.2, -0.15) is 0 Å². The highest BCUT2D eigenvalue weighted by Crippen LogP contribution is 2.17. The van der Waals surface area contributed by atoms with Gasteiger partial charge in [0.15, 0.2) is 0 Å². The van der Waals surface area contributed by atoms with Gasteiger partial charge in [-0.05, 0) is 30.1 Å². The summed E-state index contributed by atoms with van der Waals surface area (Å²) in [5.74, 6) is -0.00132. The second-order valence-corrected chi connectivity index (χ2v) is 4.71. The Morgan fingerprint density at radius 3 is 2.95 bits per heavy atom. The quantitative estimate of drug-likeness (QED) is 0.745. The Kier molecular flexibility index (Phi) is 5.15. The van der Waals surface area contributed by atoms with E-state index >= 15 is 0 Å². The van der Waals surface area contributed by atoms with E-state index in [-0.39, 0.29) is 5.91 Å². The number of methoxy groups -OCH3 is 1. The van der Waals surface area contributed by atoms with Crippen molar-refractivity contribution in [1.29, 1.82) is 0 Å². The van der Waals surface area contributed by atoms with Gasteiger partial charge in [-0.3, -0.25) is 4.79 Å². The third kappa shape index (κ3) is 3.59. The van der Waals surface area contributed by atoms with Gasteiger partial charge < -0.3 is 19.9 Å². The first-order chi connectivity index (χ1) is 9.74. The predicted octanol–water partition coefficient (Wildman–Crippen LogP) is 1.12. The SMILES string of the molecule is CNCc1ccc2ccn(CC(=O)NCCOC)c2c1. The lowest BCUT2D eigenvalue weighted by Gasteiger charge is -2.08. The lowest BCUT2D eigenvalue weighted by atomic mass is 10.1. The molecule has 5 heteroatoms. The number of rotatable bonds is 7. The van der Waals surface area contributed by atoms with Crippen LogP contribution < -0.4 is 10.6 Å². The summed E-state index contributed by atoms with van der Waals surface area (Å²) in [5.41, 5.74) is 2.29. The van der Waals surface area contributed by atoms with E-state index in [0.717, 1.165) is 17.4 Å². The van der Waals surface area contributed by atoms with Crippen LogP contribution in [0.2, 0.25) is 0 Å². The number of hydrogen-bond acceptors (Lipinski definition) is 3. The van der Waals surface area contributed by atoms with Gasteiger partial charge in [0.2, 0.25) is 5.91 Å². The van der Waals surface area contributed by atoms with Crippen LogP contribution in [-0.2, 0) is 22.6 Å². The van der Waals surface area contributed by atoms with E-state index in [1.54, 1.807) is 7.11 Å². The molecule has 2 aromatic rings. The van der Waals surface area contributed by atoms with Crippen LogP contribution >= 0.6 is 0 Å². The van der Waals surface area contributed by atoms with Crippen LogP contribution in [0.1, 0.15) is 5.56 Å². The molecule has 0 atom stereocenters. The Morgan fingerprint density at radius 1 is 1.35 bits per heavy atom. The molecule has 0 spiro atoms. The molecule has 0 aliphatic heterocycles. The summed E-state index contributed by atoms with van der Waals surface area (Å²) in [7, 11) is 3.54. The van der Waals surface area contributed by atoms with Crippen molar-refractivity contribution in [3.05, 3.63) is 36.0 Å². The Labute approximate surface area is 118 Å². The van der Waals surface area contributed by atoms with Crippen molar-refractivity contribution in [3.8, 4) is 0 Å². The second-order valence-electron chi connectivity index (χ2n) is 4.71.